The maximum atomic E-state index is 12.0. The fraction of sp³-hybridized carbons (Fsp3) is 0.615. The van der Waals surface area contributed by atoms with Crippen molar-refractivity contribution in [2.45, 2.75) is 84.5 Å². The van der Waals surface area contributed by atoms with Gasteiger partial charge in [0.25, 0.3) is 0 Å². The SMILES string of the molecule is CCCN=C(N)Nc1cnn(CCCCCNC(=O)/C=C\C(=O)OC(N)CCCCn2ncc(NC(N)=NCCC)n2)n1. The van der Waals surface area contributed by atoms with Gasteiger partial charge in [0.05, 0.1) is 25.5 Å². The molecule has 2 rings (SSSR count). The largest absolute Gasteiger partial charge is 0.444 e. The maximum Gasteiger partial charge on any atom is 0.332 e. The standard InChI is InChI=1S/C26H46N14O3/c1-3-13-31-25(28)35-21-18-33-39(37-21)16-8-5-7-15-30-23(41)11-12-24(42)43-20(27)10-6-9-17-40-34-19-22(38-40)36-26(29)32-14-4-2/h11-12,18-20H,3-10,13-17,27H2,1-2H3,(H,30,41)(H3,28,31,35,37)(H3,29,32,36,38)/b12-11-. The van der Waals surface area contributed by atoms with Gasteiger partial charge >= 0.3 is 5.97 Å². The summed E-state index contributed by atoms with van der Waals surface area (Å²) in [6, 6.07) is 0. The number of aromatic nitrogens is 6. The summed E-state index contributed by atoms with van der Waals surface area (Å²) in [6.07, 6.45) is 10.8. The van der Waals surface area contributed by atoms with E-state index in [0.29, 0.717) is 69.1 Å². The number of unbranched alkanes of at least 4 members (excludes halogenated alkanes) is 3. The Kier molecular flexibility index (Phi) is 16.4. The van der Waals surface area contributed by atoms with E-state index in [1.54, 1.807) is 22.0 Å². The molecule has 43 heavy (non-hydrogen) atoms. The van der Waals surface area contributed by atoms with Gasteiger partial charge in [-0.15, -0.1) is 10.2 Å². The lowest BCUT2D eigenvalue weighted by Gasteiger charge is -2.11. The van der Waals surface area contributed by atoms with Crippen LogP contribution >= 0.6 is 0 Å². The van der Waals surface area contributed by atoms with Gasteiger partial charge in [0.1, 0.15) is 0 Å². The van der Waals surface area contributed by atoms with Crippen LogP contribution in [-0.4, -0.2) is 79.6 Å². The monoisotopic (exact) mass is 602 g/mol. The zero-order valence-electron chi connectivity index (χ0n) is 25.1. The Morgan fingerprint density at radius 2 is 1.44 bits per heavy atom. The molecule has 2 aromatic heterocycles. The summed E-state index contributed by atoms with van der Waals surface area (Å²) in [5, 5.41) is 25.5. The summed E-state index contributed by atoms with van der Waals surface area (Å²) < 4.78 is 5.14. The molecule has 0 saturated heterocycles. The molecule has 0 fully saturated rings. The molecule has 0 radical (unpaired) electrons. The smallest absolute Gasteiger partial charge is 0.332 e. The Hall–Kier alpha value is -4.54. The molecule has 9 N–H and O–H groups in total. The molecule has 1 unspecified atom stereocenters. The molecule has 0 bridgehead atoms. The second-order valence-corrected chi connectivity index (χ2v) is 9.59. The minimum Gasteiger partial charge on any atom is -0.444 e. The van der Waals surface area contributed by atoms with Crippen LogP contribution < -0.4 is 33.2 Å². The fourth-order valence-electron chi connectivity index (χ4n) is 3.55. The highest BCUT2D eigenvalue weighted by molar-refractivity contribution is 5.94. The molecule has 0 aliphatic carbocycles. The molecule has 0 spiro atoms. The van der Waals surface area contributed by atoms with Crippen molar-refractivity contribution in [3.05, 3.63) is 24.5 Å². The molecule has 0 aliphatic rings. The number of carbonyl (C=O) groups excluding carboxylic acids is 2. The Bertz CT molecular complexity index is 1190. The van der Waals surface area contributed by atoms with Crippen LogP contribution in [0.1, 0.15) is 65.2 Å². The number of esters is 1. The number of aliphatic imine (C=N–C) groups is 2. The number of anilines is 2. The third kappa shape index (κ3) is 15.9. The number of nitrogens with two attached hydrogens (primary N) is 3. The average molecular weight is 603 g/mol. The zero-order chi connectivity index (χ0) is 31.3. The number of nitrogens with one attached hydrogen (secondary N) is 3. The van der Waals surface area contributed by atoms with Crippen LogP contribution in [0, 0.1) is 0 Å². The molecule has 0 aliphatic heterocycles. The molecule has 2 heterocycles. The lowest BCUT2D eigenvalue weighted by molar-refractivity contribution is -0.143. The van der Waals surface area contributed by atoms with Gasteiger partial charge in [0.15, 0.2) is 29.8 Å². The van der Waals surface area contributed by atoms with Gasteiger partial charge in [-0.25, -0.2) is 4.79 Å². The van der Waals surface area contributed by atoms with Gasteiger partial charge in [-0.1, -0.05) is 13.8 Å². The number of aryl methyl sites for hydroxylation is 2. The van der Waals surface area contributed by atoms with E-state index in [1.807, 2.05) is 13.8 Å². The van der Waals surface area contributed by atoms with E-state index < -0.39 is 12.2 Å². The Balaban J connectivity index is 1.51. The normalized spacial score (nSPS) is 12.8. The van der Waals surface area contributed by atoms with Gasteiger partial charge < -0.3 is 32.2 Å². The van der Waals surface area contributed by atoms with Crippen LogP contribution in [0.25, 0.3) is 0 Å². The lowest BCUT2D eigenvalue weighted by atomic mass is 10.2. The second kappa shape index (κ2) is 20.4. The summed E-state index contributed by atoms with van der Waals surface area (Å²) in [5.74, 6) is 0.622. The second-order valence-electron chi connectivity index (χ2n) is 9.59. The van der Waals surface area contributed by atoms with E-state index in [0.717, 1.165) is 50.7 Å². The van der Waals surface area contributed by atoms with Crippen molar-refractivity contribution in [1.29, 1.82) is 0 Å². The molecule has 1 atom stereocenters. The molecule has 2 aromatic rings. The number of hydrogen-bond donors (Lipinski definition) is 6. The topological polar surface area (TPSA) is 244 Å². The van der Waals surface area contributed by atoms with Crippen LogP contribution in [0.3, 0.4) is 0 Å². The first-order valence-electron chi connectivity index (χ1n) is 14.6. The first-order chi connectivity index (χ1) is 20.8. The number of amides is 1. The number of nitrogens with zero attached hydrogens (tertiary/aromatic N) is 8. The van der Waals surface area contributed by atoms with Crippen molar-refractivity contribution >= 4 is 35.4 Å². The highest BCUT2D eigenvalue weighted by Crippen LogP contribution is 2.05. The van der Waals surface area contributed by atoms with E-state index in [-0.39, 0.29) is 5.91 Å². The minimum atomic E-state index is -0.778. The van der Waals surface area contributed by atoms with Crippen molar-refractivity contribution in [2.24, 2.45) is 27.2 Å². The number of guanidine groups is 2. The molecular weight excluding hydrogens is 556 g/mol. The van der Waals surface area contributed by atoms with E-state index in [4.69, 9.17) is 21.9 Å². The molecule has 0 saturated carbocycles. The molecule has 0 aromatic carbocycles. The molecule has 17 heteroatoms. The summed E-state index contributed by atoms with van der Waals surface area (Å²) in [6.45, 7) is 7.01. The van der Waals surface area contributed by atoms with E-state index in [9.17, 15) is 9.59 Å². The molecular formula is C26H46N14O3. The molecule has 1 amide bonds. The van der Waals surface area contributed by atoms with Gasteiger partial charge in [-0.05, 0) is 51.4 Å². The average Bonchev–Trinajstić information content (AvgIpc) is 3.62. The Labute approximate surface area is 251 Å². The van der Waals surface area contributed by atoms with Gasteiger partial charge in [-0.2, -0.15) is 19.8 Å². The number of rotatable bonds is 20. The summed E-state index contributed by atoms with van der Waals surface area (Å²) >= 11 is 0. The summed E-state index contributed by atoms with van der Waals surface area (Å²) in [5.41, 5.74) is 17.4. The van der Waals surface area contributed by atoms with Crippen LogP contribution in [-0.2, 0) is 27.4 Å². The van der Waals surface area contributed by atoms with Crippen LogP contribution in [0.15, 0.2) is 34.5 Å². The van der Waals surface area contributed by atoms with Gasteiger partial charge in [0.2, 0.25) is 5.91 Å². The van der Waals surface area contributed by atoms with E-state index in [2.05, 4.69) is 46.3 Å². The van der Waals surface area contributed by atoms with Crippen molar-refractivity contribution in [3.8, 4) is 0 Å². The maximum absolute atomic E-state index is 12.0. The predicted molar refractivity (Wildman–Crippen MR) is 165 cm³/mol. The molecule has 17 nitrogen and oxygen atoms in total. The fourth-order valence-corrected chi connectivity index (χ4v) is 3.55. The highest BCUT2D eigenvalue weighted by Gasteiger charge is 2.09. The summed E-state index contributed by atoms with van der Waals surface area (Å²) in [4.78, 5) is 35.4. The first kappa shape index (κ1) is 34.7. The van der Waals surface area contributed by atoms with E-state index in [1.165, 1.54) is 0 Å². The van der Waals surface area contributed by atoms with Crippen molar-refractivity contribution in [3.63, 3.8) is 0 Å². The third-order valence-corrected chi connectivity index (χ3v) is 5.67. The van der Waals surface area contributed by atoms with Gasteiger partial charge in [0, 0.05) is 31.8 Å². The first-order valence-corrected chi connectivity index (χ1v) is 14.6. The Morgan fingerprint density at radius 3 is 2.00 bits per heavy atom. The number of ether oxygens (including phenoxy) is 1. The van der Waals surface area contributed by atoms with Crippen molar-refractivity contribution in [1.82, 2.24) is 35.3 Å². The van der Waals surface area contributed by atoms with Crippen molar-refractivity contribution < 1.29 is 14.3 Å². The van der Waals surface area contributed by atoms with Gasteiger partial charge in [-0.3, -0.25) is 20.5 Å². The lowest BCUT2D eigenvalue weighted by Crippen LogP contribution is -2.27. The van der Waals surface area contributed by atoms with E-state index >= 15 is 0 Å². The zero-order valence-corrected chi connectivity index (χ0v) is 25.1. The quantitative estimate of drug-likeness (QED) is 0.0306. The predicted octanol–water partition coefficient (Wildman–Crippen LogP) is 0.684. The Morgan fingerprint density at radius 1 is 0.884 bits per heavy atom. The van der Waals surface area contributed by atoms with Crippen molar-refractivity contribution in [2.75, 3.05) is 30.3 Å². The minimum absolute atomic E-state index is 0.298. The van der Waals surface area contributed by atoms with Crippen LogP contribution in [0.4, 0.5) is 11.6 Å². The number of hydrogen-bond acceptors (Lipinski definition) is 10. The third-order valence-electron chi connectivity index (χ3n) is 5.67. The number of carbonyl (C=O) groups is 2. The highest BCUT2D eigenvalue weighted by atomic mass is 16.6. The van der Waals surface area contributed by atoms with Crippen LogP contribution in [0.2, 0.25) is 0 Å². The summed E-state index contributed by atoms with van der Waals surface area (Å²) in [7, 11) is 0. The molecule has 238 valence electrons. The van der Waals surface area contributed by atoms with Crippen LogP contribution in [0.5, 0.6) is 0 Å².